The number of nitrogens with zero attached hydrogens (tertiary/aromatic N) is 2. The van der Waals surface area contributed by atoms with E-state index in [9.17, 15) is 4.79 Å². The van der Waals surface area contributed by atoms with Crippen LogP contribution in [-0.4, -0.2) is 42.6 Å². The number of rotatable bonds is 5. The molecule has 1 heterocycles. The summed E-state index contributed by atoms with van der Waals surface area (Å²) in [6.45, 7) is 1.18. The fourth-order valence-electron chi connectivity index (χ4n) is 1.24. The van der Waals surface area contributed by atoms with Gasteiger partial charge in [-0.05, 0) is 30.0 Å². The van der Waals surface area contributed by atoms with Gasteiger partial charge < -0.3 is 14.6 Å². The molecule has 0 saturated heterocycles. The molecule has 0 unspecified atom stereocenters. The number of hydrogen-bond acceptors (Lipinski definition) is 4. The van der Waals surface area contributed by atoms with E-state index in [2.05, 4.69) is 25.9 Å². The standard InChI is InChI=1S/C10H16BrN3O2/c1-14(2)5-4-8-12-7(6-16-3)9(11)10(15)13-8/h4-6H2,1-3H3,(H,12,13,15). The highest BCUT2D eigenvalue weighted by molar-refractivity contribution is 9.10. The third kappa shape index (κ3) is 3.70. The molecule has 0 spiro atoms. The van der Waals surface area contributed by atoms with E-state index in [0.29, 0.717) is 29.0 Å². The first-order valence-electron chi connectivity index (χ1n) is 4.96. The van der Waals surface area contributed by atoms with Crippen molar-refractivity contribution in [2.75, 3.05) is 27.7 Å². The van der Waals surface area contributed by atoms with E-state index in [4.69, 9.17) is 4.74 Å². The van der Waals surface area contributed by atoms with Crippen molar-refractivity contribution in [3.05, 3.63) is 26.3 Å². The number of ether oxygens (including phenoxy) is 1. The smallest absolute Gasteiger partial charge is 0.265 e. The molecular formula is C10H16BrN3O2. The lowest BCUT2D eigenvalue weighted by atomic mass is 10.3. The van der Waals surface area contributed by atoms with Crippen LogP contribution in [0.15, 0.2) is 9.27 Å². The van der Waals surface area contributed by atoms with Crippen molar-refractivity contribution in [1.82, 2.24) is 14.9 Å². The van der Waals surface area contributed by atoms with Gasteiger partial charge in [0.15, 0.2) is 0 Å². The average molecular weight is 290 g/mol. The van der Waals surface area contributed by atoms with Crippen LogP contribution >= 0.6 is 15.9 Å². The number of aromatic nitrogens is 2. The van der Waals surface area contributed by atoms with Crippen molar-refractivity contribution in [2.24, 2.45) is 0 Å². The van der Waals surface area contributed by atoms with Crippen molar-refractivity contribution in [1.29, 1.82) is 0 Å². The van der Waals surface area contributed by atoms with Gasteiger partial charge in [-0.15, -0.1) is 0 Å². The van der Waals surface area contributed by atoms with E-state index in [1.54, 1.807) is 7.11 Å². The summed E-state index contributed by atoms with van der Waals surface area (Å²) in [4.78, 5) is 20.7. The maximum Gasteiger partial charge on any atom is 0.265 e. The molecule has 0 aliphatic heterocycles. The minimum absolute atomic E-state index is 0.157. The van der Waals surface area contributed by atoms with Crippen LogP contribution in [0.25, 0.3) is 0 Å². The summed E-state index contributed by atoms with van der Waals surface area (Å²) in [5, 5.41) is 0. The second-order valence-electron chi connectivity index (χ2n) is 3.76. The van der Waals surface area contributed by atoms with Gasteiger partial charge in [0.25, 0.3) is 5.56 Å². The van der Waals surface area contributed by atoms with Gasteiger partial charge in [-0.25, -0.2) is 4.98 Å². The van der Waals surface area contributed by atoms with Gasteiger partial charge in [0.05, 0.1) is 12.3 Å². The number of nitrogens with one attached hydrogen (secondary N) is 1. The minimum atomic E-state index is -0.157. The summed E-state index contributed by atoms with van der Waals surface area (Å²) >= 11 is 3.20. The second kappa shape index (κ2) is 6.12. The van der Waals surface area contributed by atoms with Crippen molar-refractivity contribution < 1.29 is 4.74 Å². The summed E-state index contributed by atoms with van der Waals surface area (Å²) < 4.78 is 5.44. The Morgan fingerprint density at radius 3 is 2.75 bits per heavy atom. The lowest BCUT2D eigenvalue weighted by molar-refractivity contribution is 0.180. The van der Waals surface area contributed by atoms with Crippen LogP contribution < -0.4 is 5.56 Å². The summed E-state index contributed by atoms with van der Waals surface area (Å²) in [5.41, 5.74) is 0.482. The Morgan fingerprint density at radius 1 is 1.50 bits per heavy atom. The molecule has 5 nitrogen and oxygen atoms in total. The molecular weight excluding hydrogens is 274 g/mol. The summed E-state index contributed by atoms with van der Waals surface area (Å²) in [7, 11) is 5.54. The van der Waals surface area contributed by atoms with Crippen LogP contribution in [0.2, 0.25) is 0 Å². The highest BCUT2D eigenvalue weighted by atomic mass is 79.9. The lowest BCUT2D eigenvalue weighted by Crippen LogP contribution is -2.21. The average Bonchev–Trinajstić information content (AvgIpc) is 2.22. The quantitative estimate of drug-likeness (QED) is 0.871. The Balaban J connectivity index is 2.90. The molecule has 1 aromatic rings. The zero-order valence-electron chi connectivity index (χ0n) is 9.71. The van der Waals surface area contributed by atoms with Crippen LogP contribution in [0.1, 0.15) is 11.5 Å². The summed E-state index contributed by atoms with van der Waals surface area (Å²) in [6.07, 6.45) is 0.715. The van der Waals surface area contributed by atoms with Crippen LogP contribution in [0.5, 0.6) is 0 Å². The summed E-state index contributed by atoms with van der Waals surface area (Å²) in [6, 6.07) is 0. The van der Waals surface area contributed by atoms with E-state index in [1.165, 1.54) is 0 Å². The van der Waals surface area contributed by atoms with Crippen LogP contribution in [0.3, 0.4) is 0 Å². The van der Waals surface area contributed by atoms with Crippen LogP contribution in [0, 0.1) is 0 Å². The predicted octanol–water partition coefficient (Wildman–Crippen LogP) is 0.783. The molecule has 0 saturated carbocycles. The number of methoxy groups -OCH3 is 1. The van der Waals surface area contributed by atoms with Crippen molar-refractivity contribution in [3.8, 4) is 0 Å². The molecule has 1 aromatic heterocycles. The van der Waals surface area contributed by atoms with E-state index in [-0.39, 0.29) is 5.56 Å². The normalized spacial score (nSPS) is 11.1. The van der Waals surface area contributed by atoms with Gasteiger partial charge in [0.1, 0.15) is 10.3 Å². The largest absolute Gasteiger partial charge is 0.378 e. The number of hydrogen-bond donors (Lipinski definition) is 1. The van der Waals surface area contributed by atoms with Gasteiger partial charge >= 0.3 is 0 Å². The first-order valence-corrected chi connectivity index (χ1v) is 5.75. The monoisotopic (exact) mass is 289 g/mol. The Labute approximate surface area is 103 Å². The first-order chi connectivity index (χ1) is 7.54. The molecule has 0 atom stereocenters. The molecule has 6 heteroatoms. The molecule has 0 fully saturated rings. The highest BCUT2D eigenvalue weighted by Gasteiger charge is 2.08. The molecule has 0 aliphatic carbocycles. The lowest BCUT2D eigenvalue weighted by Gasteiger charge is -2.10. The van der Waals surface area contributed by atoms with Crippen molar-refractivity contribution in [2.45, 2.75) is 13.0 Å². The van der Waals surface area contributed by atoms with Crippen LogP contribution in [0.4, 0.5) is 0 Å². The summed E-state index contributed by atoms with van der Waals surface area (Å²) in [5.74, 6) is 0.689. The van der Waals surface area contributed by atoms with E-state index in [0.717, 1.165) is 6.54 Å². The van der Waals surface area contributed by atoms with E-state index < -0.39 is 0 Å². The van der Waals surface area contributed by atoms with Crippen molar-refractivity contribution >= 4 is 15.9 Å². The molecule has 0 bridgehead atoms. The molecule has 0 amide bonds. The fourth-order valence-corrected chi connectivity index (χ4v) is 1.54. The highest BCUT2D eigenvalue weighted by Crippen LogP contribution is 2.09. The van der Waals surface area contributed by atoms with Gasteiger partial charge in [0, 0.05) is 20.1 Å². The second-order valence-corrected chi connectivity index (χ2v) is 4.55. The maximum absolute atomic E-state index is 11.6. The number of aromatic amines is 1. The molecule has 90 valence electrons. The SMILES string of the molecule is COCc1nc(CCN(C)C)[nH]c(=O)c1Br. The van der Waals surface area contributed by atoms with Crippen LogP contribution in [-0.2, 0) is 17.8 Å². The molecule has 1 N–H and O–H groups in total. The number of likely N-dealkylation sites (N-methyl/N-ethyl adjacent to an activating group) is 1. The Morgan fingerprint density at radius 2 is 2.19 bits per heavy atom. The third-order valence-corrected chi connectivity index (χ3v) is 2.88. The third-order valence-electron chi connectivity index (χ3n) is 2.06. The van der Waals surface area contributed by atoms with Gasteiger partial charge in [-0.2, -0.15) is 0 Å². The van der Waals surface area contributed by atoms with Gasteiger partial charge in [-0.3, -0.25) is 4.79 Å². The molecule has 0 radical (unpaired) electrons. The zero-order valence-corrected chi connectivity index (χ0v) is 11.3. The molecule has 16 heavy (non-hydrogen) atoms. The maximum atomic E-state index is 11.6. The number of halogens is 1. The fraction of sp³-hybridized carbons (Fsp3) is 0.600. The Bertz CT molecular complexity index is 404. The Kier molecular flexibility index (Phi) is 5.11. The van der Waals surface area contributed by atoms with Gasteiger partial charge in [-0.1, -0.05) is 0 Å². The van der Waals surface area contributed by atoms with Crippen molar-refractivity contribution in [3.63, 3.8) is 0 Å². The molecule has 1 rings (SSSR count). The zero-order chi connectivity index (χ0) is 12.1. The predicted molar refractivity (Wildman–Crippen MR) is 65.5 cm³/mol. The Hall–Kier alpha value is -0.720. The minimum Gasteiger partial charge on any atom is -0.378 e. The number of H-pyrrole nitrogens is 1. The van der Waals surface area contributed by atoms with E-state index >= 15 is 0 Å². The molecule has 0 aromatic carbocycles. The molecule has 0 aliphatic rings. The topological polar surface area (TPSA) is 58.2 Å². The first kappa shape index (κ1) is 13.3. The van der Waals surface area contributed by atoms with Gasteiger partial charge in [0.2, 0.25) is 0 Å². The van der Waals surface area contributed by atoms with E-state index in [1.807, 2.05) is 19.0 Å².